The molecule has 46 heavy (non-hydrogen) atoms. The number of fused-ring (bicyclic) bond motifs is 1. The Morgan fingerprint density at radius 3 is 2.43 bits per heavy atom. The number of aromatic nitrogens is 3. The molecule has 6 rings (SSSR count). The summed E-state index contributed by atoms with van der Waals surface area (Å²) in [4.78, 5) is 8.67. The van der Waals surface area contributed by atoms with Gasteiger partial charge in [0.25, 0.3) is 10.0 Å². The molecule has 2 unspecified atom stereocenters. The smallest absolute Gasteiger partial charge is 0.261 e. The normalized spacial score (nSPS) is 13.0. The summed E-state index contributed by atoms with van der Waals surface area (Å²) in [7, 11) is -3.83. The molecule has 0 aliphatic carbocycles. The highest BCUT2D eigenvalue weighted by Gasteiger charge is 2.19. The van der Waals surface area contributed by atoms with E-state index in [0.29, 0.717) is 42.5 Å². The minimum atomic E-state index is -3.83. The van der Waals surface area contributed by atoms with Crippen LogP contribution in [0.1, 0.15) is 41.5 Å². The highest BCUT2D eigenvalue weighted by atomic mass is 32.2. The van der Waals surface area contributed by atoms with Crippen LogP contribution in [-0.2, 0) is 16.4 Å². The van der Waals surface area contributed by atoms with Gasteiger partial charge in [-0.3, -0.25) is 9.71 Å². The van der Waals surface area contributed by atoms with Crippen molar-refractivity contribution in [2.45, 2.75) is 30.3 Å². The molecule has 0 bridgehead atoms. The van der Waals surface area contributed by atoms with Gasteiger partial charge in [-0.2, -0.15) is 4.98 Å². The second-order valence-electron chi connectivity index (χ2n) is 11.0. The van der Waals surface area contributed by atoms with Gasteiger partial charge in [0.05, 0.1) is 16.9 Å². The molecule has 0 spiro atoms. The lowest BCUT2D eigenvalue weighted by Gasteiger charge is -2.12. The van der Waals surface area contributed by atoms with Crippen molar-refractivity contribution in [1.82, 2.24) is 20.4 Å². The van der Waals surface area contributed by atoms with E-state index in [0.717, 1.165) is 27.5 Å². The monoisotopic (exact) mass is 637 g/mol. The number of nitrogens with one attached hydrogen (secondary N) is 2. The van der Waals surface area contributed by atoms with Crippen LogP contribution in [0.3, 0.4) is 0 Å². The average molecular weight is 638 g/mol. The maximum atomic E-state index is 13.5. The molecule has 2 heterocycles. The number of aliphatic hydroxyl groups excluding tert-OH is 1. The number of aliphatic hydroxyl groups is 1. The Hall–Kier alpha value is -4.97. The van der Waals surface area contributed by atoms with Gasteiger partial charge in [0.15, 0.2) is 0 Å². The third kappa shape index (κ3) is 7.28. The molecule has 0 radical (unpaired) electrons. The van der Waals surface area contributed by atoms with E-state index >= 15 is 0 Å². The van der Waals surface area contributed by atoms with Crippen molar-refractivity contribution in [3.63, 3.8) is 0 Å². The molecule has 9 nitrogen and oxygen atoms in total. The van der Waals surface area contributed by atoms with Crippen molar-refractivity contribution in [2.24, 2.45) is 0 Å². The highest BCUT2D eigenvalue weighted by Crippen LogP contribution is 2.29. The Balaban J connectivity index is 1.04. The van der Waals surface area contributed by atoms with Gasteiger partial charge in [0.1, 0.15) is 5.82 Å². The number of hydrogen-bond donors (Lipinski definition) is 3. The number of anilines is 1. The van der Waals surface area contributed by atoms with Gasteiger partial charge in [-0.25, -0.2) is 12.8 Å². The zero-order valence-corrected chi connectivity index (χ0v) is 25.8. The maximum absolute atomic E-state index is 13.5. The van der Waals surface area contributed by atoms with Crippen LogP contribution in [0.2, 0.25) is 0 Å². The van der Waals surface area contributed by atoms with Gasteiger partial charge in [-0.1, -0.05) is 47.6 Å². The van der Waals surface area contributed by atoms with Crippen molar-refractivity contribution in [3.05, 3.63) is 138 Å². The molecule has 6 aromatic rings. The fourth-order valence-electron chi connectivity index (χ4n) is 5.07. The van der Waals surface area contributed by atoms with Crippen molar-refractivity contribution in [2.75, 3.05) is 17.8 Å². The molecular formula is C35H32FN5O4S. The Kier molecular flexibility index (Phi) is 9.16. The van der Waals surface area contributed by atoms with E-state index in [1.54, 1.807) is 48.8 Å². The summed E-state index contributed by atoms with van der Waals surface area (Å²) in [5.74, 6) is 0.275. The predicted octanol–water partition coefficient (Wildman–Crippen LogP) is 6.24. The van der Waals surface area contributed by atoms with Crippen molar-refractivity contribution in [3.8, 4) is 11.4 Å². The van der Waals surface area contributed by atoms with Crippen LogP contribution in [0.5, 0.6) is 0 Å². The number of sulfonamides is 1. The van der Waals surface area contributed by atoms with Gasteiger partial charge in [-0.15, -0.1) is 0 Å². The van der Waals surface area contributed by atoms with Gasteiger partial charge in [0.2, 0.25) is 11.7 Å². The minimum Gasteiger partial charge on any atom is -0.387 e. The number of rotatable bonds is 12. The summed E-state index contributed by atoms with van der Waals surface area (Å²) < 4.78 is 47.8. The summed E-state index contributed by atoms with van der Waals surface area (Å²) in [6, 6.07) is 27.5. The second kappa shape index (κ2) is 13.6. The van der Waals surface area contributed by atoms with Crippen LogP contribution in [0.25, 0.3) is 22.2 Å². The molecule has 3 N–H and O–H groups in total. The summed E-state index contributed by atoms with van der Waals surface area (Å²) in [5.41, 5.74) is 3.79. The fraction of sp³-hybridized carbons (Fsp3) is 0.171. The Labute approximate surface area is 266 Å². The number of hydrogen-bond acceptors (Lipinski definition) is 8. The third-order valence-corrected chi connectivity index (χ3v) is 9.16. The Bertz CT molecular complexity index is 2040. The summed E-state index contributed by atoms with van der Waals surface area (Å²) >= 11 is 0. The fourth-order valence-corrected chi connectivity index (χ4v) is 6.13. The summed E-state index contributed by atoms with van der Waals surface area (Å²) in [6.07, 6.45) is 3.39. The molecule has 0 fully saturated rings. The lowest BCUT2D eigenvalue weighted by atomic mass is 9.97. The Morgan fingerprint density at radius 1 is 0.913 bits per heavy atom. The summed E-state index contributed by atoms with van der Waals surface area (Å²) in [6.45, 7) is 3.01. The number of benzene rings is 4. The number of halogens is 1. The maximum Gasteiger partial charge on any atom is 0.261 e. The molecule has 11 heteroatoms. The molecule has 0 aliphatic heterocycles. The van der Waals surface area contributed by atoms with Crippen LogP contribution >= 0.6 is 0 Å². The van der Waals surface area contributed by atoms with E-state index in [2.05, 4.69) is 25.2 Å². The van der Waals surface area contributed by atoms with E-state index in [1.165, 1.54) is 24.3 Å². The highest BCUT2D eigenvalue weighted by molar-refractivity contribution is 7.92. The zero-order valence-electron chi connectivity index (χ0n) is 25.0. The topological polar surface area (TPSA) is 130 Å². The zero-order chi connectivity index (χ0) is 32.1. The van der Waals surface area contributed by atoms with E-state index in [4.69, 9.17) is 4.52 Å². The molecule has 234 valence electrons. The van der Waals surface area contributed by atoms with E-state index in [-0.39, 0.29) is 16.6 Å². The molecule has 0 amide bonds. The predicted molar refractivity (Wildman–Crippen MR) is 174 cm³/mol. The van der Waals surface area contributed by atoms with Crippen molar-refractivity contribution in [1.29, 1.82) is 0 Å². The molecule has 0 aliphatic rings. The number of nitrogens with zero attached hydrogens (tertiary/aromatic N) is 3. The van der Waals surface area contributed by atoms with Crippen LogP contribution in [0, 0.1) is 5.82 Å². The molecule has 0 saturated heterocycles. The first kappa shape index (κ1) is 31.0. The molecule has 2 atom stereocenters. The Morgan fingerprint density at radius 2 is 1.67 bits per heavy atom. The van der Waals surface area contributed by atoms with Crippen molar-refractivity contribution < 1.29 is 22.4 Å². The lowest BCUT2D eigenvalue weighted by Crippen LogP contribution is -2.23. The van der Waals surface area contributed by atoms with Gasteiger partial charge in [-0.05, 0) is 96.4 Å². The van der Waals surface area contributed by atoms with Crippen LogP contribution in [-0.4, -0.2) is 41.7 Å². The first-order valence-electron chi connectivity index (χ1n) is 14.8. The molecule has 4 aromatic carbocycles. The van der Waals surface area contributed by atoms with Crippen molar-refractivity contribution >= 4 is 26.5 Å². The number of pyridine rings is 1. The van der Waals surface area contributed by atoms with Crippen LogP contribution in [0.15, 0.2) is 119 Å². The molecular weight excluding hydrogens is 605 g/mol. The second-order valence-corrected chi connectivity index (χ2v) is 12.7. The standard InChI is InChI=1S/C35H32FN5O4S/c1-23(26-6-7-28-20-30(36)11-8-27(28)19-26)35-39-34(40-45-35)25-9-14-32(15-10-25)46(43,44)41-31-12-4-24(5-13-31)16-18-38-22-33(42)29-3-2-17-37-21-29/h2-15,17,19-21,23,33,38,41-42H,16,18,22H2,1H3. The quantitative estimate of drug-likeness (QED) is 0.135. The third-order valence-electron chi connectivity index (χ3n) is 7.76. The summed E-state index contributed by atoms with van der Waals surface area (Å²) in [5, 5.41) is 19.3. The first-order valence-corrected chi connectivity index (χ1v) is 16.3. The van der Waals surface area contributed by atoms with Gasteiger partial charge < -0.3 is 14.9 Å². The van der Waals surface area contributed by atoms with E-state index < -0.39 is 16.1 Å². The largest absolute Gasteiger partial charge is 0.387 e. The molecule has 2 aromatic heterocycles. The van der Waals surface area contributed by atoms with Gasteiger partial charge >= 0.3 is 0 Å². The molecule has 0 saturated carbocycles. The van der Waals surface area contributed by atoms with E-state index in [1.807, 2.05) is 43.3 Å². The first-order chi connectivity index (χ1) is 22.2. The van der Waals surface area contributed by atoms with Gasteiger partial charge in [0, 0.05) is 35.8 Å². The SMILES string of the molecule is CC(c1ccc2cc(F)ccc2c1)c1nc(-c2ccc(S(=O)(=O)Nc3ccc(CCNCC(O)c4cccnc4)cc3)cc2)no1. The van der Waals surface area contributed by atoms with Crippen LogP contribution in [0.4, 0.5) is 10.1 Å². The van der Waals surface area contributed by atoms with E-state index in [9.17, 15) is 17.9 Å². The van der Waals surface area contributed by atoms with Crippen LogP contribution < -0.4 is 10.0 Å². The minimum absolute atomic E-state index is 0.0985. The average Bonchev–Trinajstić information content (AvgIpc) is 3.58. The lowest BCUT2D eigenvalue weighted by molar-refractivity contribution is 0.174.